The molecule has 5 heteroatoms. The molecule has 27 heavy (non-hydrogen) atoms. The van der Waals surface area contributed by atoms with Gasteiger partial charge in [0.1, 0.15) is 9.71 Å². The van der Waals surface area contributed by atoms with Gasteiger partial charge in [-0.3, -0.25) is 4.79 Å². The van der Waals surface area contributed by atoms with Gasteiger partial charge in [-0.25, -0.2) is 4.98 Å². The van der Waals surface area contributed by atoms with Crippen molar-refractivity contribution in [3.05, 3.63) is 69.6 Å². The van der Waals surface area contributed by atoms with E-state index >= 15 is 0 Å². The number of fused-ring (bicyclic) bond motifs is 2. The number of rotatable bonds is 3. The van der Waals surface area contributed by atoms with E-state index in [0.717, 1.165) is 32.2 Å². The third-order valence-electron chi connectivity index (χ3n) is 4.76. The molecule has 2 aromatic heterocycles. The van der Waals surface area contributed by atoms with Crippen LogP contribution in [0.25, 0.3) is 21.1 Å². The van der Waals surface area contributed by atoms with E-state index in [1.807, 2.05) is 31.2 Å². The second-order valence-electron chi connectivity index (χ2n) is 7.00. The fourth-order valence-electron chi connectivity index (χ4n) is 3.29. The molecule has 0 saturated carbocycles. The zero-order valence-corrected chi connectivity index (χ0v) is 16.4. The van der Waals surface area contributed by atoms with E-state index in [1.165, 1.54) is 22.5 Å². The summed E-state index contributed by atoms with van der Waals surface area (Å²) in [5, 5.41) is 4.88. The summed E-state index contributed by atoms with van der Waals surface area (Å²) in [5.74, 6) is -0.159. The monoisotopic (exact) mass is 375 g/mol. The summed E-state index contributed by atoms with van der Waals surface area (Å²) in [6, 6.07) is 14.4. The van der Waals surface area contributed by atoms with E-state index in [-0.39, 0.29) is 5.91 Å². The summed E-state index contributed by atoms with van der Waals surface area (Å²) in [5.41, 5.74) is 12.3. The number of pyridine rings is 1. The molecule has 0 bridgehead atoms. The van der Waals surface area contributed by atoms with Crippen molar-refractivity contribution in [1.29, 1.82) is 0 Å². The maximum absolute atomic E-state index is 12.7. The van der Waals surface area contributed by atoms with Gasteiger partial charge in [0.25, 0.3) is 5.91 Å². The normalized spacial score (nSPS) is 11.2. The molecule has 4 aromatic rings. The number of hydrogen-bond donors (Lipinski definition) is 2. The van der Waals surface area contributed by atoms with Gasteiger partial charge >= 0.3 is 0 Å². The Kier molecular flexibility index (Phi) is 4.32. The number of nitrogens with zero attached hydrogens (tertiary/aromatic N) is 1. The minimum Gasteiger partial charge on any atom is -0.397 e. The van der Waals surface area contributed by atoms with Gasteiger partial charge < -0.3 is 11.1 Å². The van der Waals surface area contributed by atoms with Gasteiger partial charge in [-0.1, -0.05) is 35.9 Å². The summed E-state index contributed by atoms with van der Waals surface area (Å²) in [6.45, 7) is 6.65. The van der Waals surface area contributed by atoms with Crippen molar-refractivity contribution in [3.63, 3.8) is 0 Å². The Morgan fingerprint density at radius 2 is 1.78 bits per heavy atom. The molecule has 136 valence electrons. The summed E-state index contributed by atoms with van der Waals surface area (Å²) < 4.78 is 0. The lowest BCUT2D eigenvalue weighted by Crippen LogP contribution is -2.22. The van der Waals surface area contributed by atoms with Crippen LogP contribution in [0.1, 0.15) is 31.9 Å². The van der Waals surface area contributed by atoms with Crippen LogP contribution in [0.5, 0.6) is 0 Å². The molecule has 4 nitrogen and oxygen atoms in total. The Morgan fingerprint density at radius 1 is 1.04 bits per heavy atom. The third-order valence-corrected chi connectivity index (χ3v) is 5.88. The van der Waals surface area contributed by atoms with Gasteiger partial charge in [0.05, 0.1) is 11.2 Å². The van der Waals surface area contributed by atoms with Crippen LogP contribution in [0.15, 0.2) is 42.5 Å². The highest BCUT2D eigenvalue weighted by atomic mass is 32.1. The van der Waals surface area contributed by atoms with Gasteiger partial charge in [-0.15, -0.1) is 11.3 Å². The molecule has 3 N–H and O–H groups in total. The second-order valence-corrected chi connectivity index (χ2v) is 8.00. The van der Waals surface area contributed by atoms with Crippen LogP contribution in [0.4, 0.5) is 5.69 Å². The van der Waals surface area contributed by atoms with Crippen molar-refractivity contribution >= 4 is 44.1 Å². The Bertz CT molecular complexity index is 1180. The van der Waals surface area contributed by atoms with Crippen molar-refractivity contribution in [2.24, 2.45) is 0 Å². The molecule has 0 unspecified atom stereocenters. The number of amides is 1. The van der Waals surface area contributed by atoms with E-state index in [2.05, 4.69) is 37.4 Å². The smallest absolute Gasteiger partial charge is 0.263 e. The van der Waals surface area contributed by atoms with Gasteiger partial charge in [0, 0.05) is 17.3 Å². The van der Waals surface area contributed by atoms with Crippen molar-refractivity contribution in [2.75, 3.05) is 5.73 Å². The minimum atomic E-state index is -0.159. The first-order valence-corrected chi connectivity index (χ1v) is 9.68. The third kappa shape index (κ3) is 3.26. The van der Waals surface area contributed by atoms with E-state index in [0.29, 0.717) is 17.1 Å². The van der Waals surface area contributed by atoms with Crippen LogP contribution >= 0.6 is 11.3 Å². The highest BCUT2D eigenvalue weighted by molar-refractivity contribution is 7.21. The number of anilines is 1. The first-order valence-electron chi connectivity index (χ1n) is 8.86. The maximum atomic E-state index is 12.7. The summed E-state index contributed by atoms with van der Waals surface area (Å²) in [6.07, 6.45) is 0. The lowest BCUT2D eigenvalue weighted by Gasteiger charge is -2.05. The molecule has 0 atom stereocenters. The fraction of sp³-hybridized carbons (Fsp3) is 0.182. The fourth-order valence-corrected chi connectivity index (χ4v) is 4.30. The van der Waals surface area contributed by atoms with Gasteiger partial charge in [-0.2, -0.15) is 0 Å². The number of benzene rings is 2. The topological polar surface area (TPSA) is 68.0 Å². The van der Waals surface area contributed by atoms with Crippen LogP contribution in [0.3, 0.4) is 0 Å². The number of nitrogens with one attached hydrogen (secondary N) is 1. The van der Waals surface area contributed by atoms with Crippen LogP contribution < -0.4 is 11.1 Å². The molecule has 0 spiro atoms. The zero-order valence-electron chi connectivity index (χ0n) is 15.6. The Balaban J connectivity index is 1.68. The van der Waals surface area contributed by atoms with Crippen LogP contribution in [0.2, 0.25) is 0 Å². The minimum absolute atomic E-state index is 0.159. The van der Waals surface area contributed by atoms with Crippen LogP contribution in [-0.4, -0.2) is 10.9 Å². The van der Waals surface area contributed by atoms with E-state index < -0.39 is 0 Å². The summed E-state index contributed by atoms with van der Waals surface area (Å²) in [7, 11) is 0. The Hall–Kier alpha value is -2.92. The quantitative estimate of drug-likeness (QED) is 0.536. The Morgan fingerprint density at radius 3 is 2.52 bits per heavy atom. The number of hydrogen-bond acceptors (Lipinski definition) is 4. The lowest BCUT2D eigenvalue weighted by atomic mass is 10.1. The molecule has 0 radical (unpaired) electrons. The lowest BCUT2D eigenvalue weighted by molar-refractivity contribution is 0.0956. The Labute approximate surface area is 162 Å². The number of nitrogens with two attached hydrogens (primary N) is 1. The number of thiophene rings is 1. The molecule has 2 heterocycles. The molecule has 0 saturated heterocycles. The van der Waals surface area contributed by atoms with Crippen molar-refractivity contribution in [2.45, 2.75) is 27.3 Å². The first-order chi connectivity index (χ1) is 12.9. The van der Waals surface area contributed by atoms with E-state index in [1.54, 1.807) is 0 Å². The molecule has 0 aliphatic heterocycles. The van der Waals surface area contributed by atoms with Crippen molar-refractivity contribution < 1.29 is 4.79 Å². The van der Waals surface area contributed by atoms with Crippen LogP contribution in [-0.2, 0) is 6.54 Å². The molecule has 2 aromatic carbocycles. The molecule has 0 fully saturated rings. The highest BCUT2D eigenvalue weighted by Gasteiger charge is 2.18. The van der Waals surface area contributed by atoms with Gasteiger partial charge in [-0.05, 0) is 49.6 Å². The number of carbonyl (C=O) groups excluding carboxylic acids is 1. The average Bonchev–Trinajstić information content (AvgIpc) is 2.95. The molecule has 0 aliphatic rings. The summed E-state index contributed by atoms with van der Waals surface area (Å²) >= 11 is 1.35. The maximum Gasteiger partial charge on any atom is 0.263 e. The number of nitrogen functional groups attached to an aromatic ring is 1. The zero-order chi connectivity index (χ0) is 19.1. The van der Waals surface area contributed by atoms with Gasteiger partial charge in [0.15, 0.2) is 0 Å². The molecular weight excluding hydrogens is 354 g/mol. The molecular formula is C22H21N3OS. The number of aromatic nitrogens is 1. The molecule has 0 aliphatic carbocycles. The largest absolute Gasteiger partial charge is 0.397 e. The second kappa shape index (κ2) is 6.67. The SMILES string of the molecule is Cc1ccc(CNC(=O)c2sc3nc4cc(C)cc(C)c4cc3c2N)cc1. The van der Waals surface area contributed by atoms with Crippen molar-refractivity contribution in [3.8, 4) is 0 Å². The predicted molar refractivity (Wildman–Crippen MR) is 113 cm³/mol. The standard InChI is InChI=1S/C22H21N3OS/c1-12-4-6-15(7-5-12)11-24-21(26)20-19(23)17-10-16-14(3)8-13(2)9-18(16)25-22(17)27-20/h4-10H,11,23H2,1-3H3,(H,24,26). The van der Waals surface area contributed by atoms with Crippen LogP contribution in [0, 0.1) is 20.8 Å². The number of aryl methyl sites for hydroxylation is 3. The molecule has 1 amide bonds. The van der Waals surface area contributed by atoms with E-state index in [9.17, 15) is 4.79 Å². The van der Waals surface area contributed by atoms with Crippen molar-refractivity contribution in [1.82, 2.24) is 10.3 Å². The highest BCUT2D eigenvalue weighted by Crippen LogP contribution is 2.35. The number of carbonyl (C=O) groups is 1. The summed E-state index contributed by atoms with van der Waals surface area (Å²) in [4.78, 5) is 18.8. The van der Waals surface area contributed by atoms with E-state index in [4.69, 9.17) is 10.7 Å². The van der Waals surface area contributed by atoms with Gasteiger partial charge in [0.2, 0.25) is 0 Å². The molecule has 4 rings (SSSR count). The average molecular weight is 375 g/mol. The first kappa shape index (κ1) is 17.5. The predicted octanol–water partition coefficient (Wildman–Crippen LogP) is 4.89.